The van der Waals surface area contributed by atoms with Gasteiger partial charge in [0.25, 0.3) is 5.78 Å². The maximum Gasteiger partial charge on any atom is 0.301 e. The standard InChI is InChI=1S/C27H24N2O7S/c1-4-34-18-7-5-6-16(12-18)22-21(23(31)17-8-9-19-20(13-17)36-11-10-35-19)24(32)26(33)29(22)27-28-14(2)25(37-27)15(3)30/h5-9,12-13,22,31H,4,10-11H2,1-3H3/b23-21+/t22-/m0/s1. The van der Waals surface area contributed by atoms with E-state index >= 15 is 0 Å². The molecule has 1 saturated heterocycles. The number of carbonyl (C=O) groups is 3. The van der Waals surface area contributed by atoms with Crippen LogP contribution < -0.4 is 19.1 Å². The molecule has 9 nitrogen and oxygen atoms in total. The molecule has 0 spiro atoms. The first-order chi connectivity index (χ1) is 17.8. The Bertz CT molecular complexity index is 1460. The Balaban J connectivity index is 1.70. The number of aliphatic hydroxyl groups excluding tert-OH is 1. The summed E-state index contributed by atoms with van der Waals surface area (Å²) in [5, 5.41) is 11.6. The molecule has 37 heavy (non-hydrogen) atoms. The Morgan fingerprint density at radius 2 is 1.92 bits per heavy atom. The summed E-state index contributed by atoms with van der Waals surface area (Å²) in [5.41, 5.74) is 1.20. The second kappa shape index (κ2) is 9.70. The molecule has 0 saturated carbocycles. The number of thiazole rings is 1. The molecule has 1 atom stereocenters. The molecule has 2 aliphatic heterocycles. The lowest BCUT2D eigenvalue weighted by molar-refractivity contribution is -0.132. The number of aromatic nitrogens is 1. The van der Waals surface area contributed by atoms with E-state index in [0.717, 1.165) is 11.3 Å². The molecule has 0 aliphatic carbocycles. The fraction of sp³-hybridized carbons (Fsp3) is 0.259. The van der Waals surface area contributed by atoms with Crippen molar-refractivity contribution in [2.75, 3.05) is 24.7 Å². The van der Waals surface area contributed by atoms with Gasteiger partial charge in [-0.05, 0) is 49.7 Å². The maximum absolute atomic E-state index is 13.4. The number of aliphatic hydroxyl groups is 1. The van der Waals surface area contributed by atoms with Crippen LogP contribution in [0.3, 0.4) is 0 Å². The number of benzene rings is 2. The van der Waals surface area contributed by atoms with E-state index in [0.29, 0.717) is 58.8 Å². The minimum absolute atomic E-state index is 0.104. The summed E-state index contributed by atoms with van der Waals surface area (Å²) in [5.74, 6) is -0.759. The summed E-state index contributed by atoms with van der Waals surface area (Å²) >= 11 is 1.03. The fourth-order valence-electron chi connectivity index (χ4n) is 4.44. The van der Waals surface area contributed by atoms with E-state index in [2.05, 4.69) is 4.98 Å². The third-order valence-electron chi connectivity index (χ3n) is 6.06. The van der Waals surface area contributed by atoms with Gasteiger partial charge in [0.15, 0.2) is 22.4 Å². The summed E-state index contributed by atoms with van der Waals surface area (Å²) in [6, 6.07) is 10.8. The normalized spacial score (nSPS) is 18.2. The molecule has 5 rings (SSSR count). The molecule has 1 fully saturated rings. The van der Waals surface area contributed by atoms with Gasteiger partial charge < -0.3 is 19.3 Å². The second-order valence-corrected chi connectivity index (χ2v) is 9.48. The third-order valence-corrected chi connectivity index (χ3v) is 7.31. The summed E-state index contributed by atoms with van der Waals surface area (Å²) in [4.78, 5) is 45.0. The molecule has 3 heterocycles. The first-order valence-electron chi connectivity index (χ1n) is 11.7. The Morgan fingerprint density at radius 3 is 2.62 bits per heavy atom. The number of nitrogens with zero attached hydrogens (tertiary/aromatic N) is 2. The van der Waals surface area contributed by atoms with Crippen LogP contribution in [-0.4, -0.2) is 47.4 Å². The molecule has 0 bridgehead atoms. The zero-order chi connectivity index (χ0) is 26.3. The van der Waals surface area contributed by atoms with Gasteiger partial charge in [-0.1, -0.05) is 23.5 Å². The van der Waals surface area contributed by atoms with E-state index in [9.17, 15) is 19.5 Å². The molecular weight excluding hydrogens is 496 g/mol. The van der Waals surface area contributed by atoms with Crippen LogP contribution >= 0.6 is 11.3 Å². The van der Waals surface area contributed by atoms with Crippen molar-refractivity contribution < 1.29 is 33.7 Å². The molecule has 1 N–H and O–H groups in total. The number of Topliss-reactive ketones (excluding diaryl/α,β-unsaturated/α-hetero) is 2. The van der Waals surface area contributed by atoms with Crippen LogP contribution in [-0.2, 0) is 9.59 Å². The lowest BCUT2D eigenvalue weighted by Crippen LogP contribution is -2.29. The molecule has 1 amide bonds. The van der Waals surface area contributed by atoms with Crippen LogP contribution in [0.4, 0.5) is 5.13 Å². The predicted molar refractivity (Wildman–Crippen MR) is 137 cm³/mol. The number of fused-ring (bicyclic) bond motifs is 1. The number of aryl methyl sites for hydroxylation is 1. The number of anilines is 1. The quantitative estimate of drug-likeness (QED) is 0.219. The second-order valence-electron chi connectivity index (χ2n) is 8.50. The van der Waals surface area contributed by atoms with Crippen LogP contribution in [0.5, 0.6) is 17.2 Å². The van der Waals surface area contributed by atoms with Crippen molar-refractivity contribution in [1.82, 2.24) is 4.98 Å². The average Bonchev–Trinajstić information content (AvgIpc) is 3.40. The maximum atomic E-state index is 13.4. The zero-order valence-corrected chi connectivity index (χ0v) is 21.3. The van der Waals surface area contributed by atoms with Crippen LogP contribution in [0.25, 0.3) is 5.76 Å². The summed E-state index contributed by atoms with van der Waals surface area (Å²) in [6.45, 7) is 6.14. The highest BCUT2D eigenvalue weighted by molar-refractivity contribution is 7.18. The Kier molecular flexibility index (Phi) is 6.43. The van der Waals surface area contributed by atoms with Crippen molar-refractivity contribution in [3.05, 3.63) is 69.7 Å². The highest BCUT2D eigenvalue weighted by Gasteiger charge is 2.48. The number of hydrogen-bond donors (Lipinski definition) is 1. The number of carbonyl (C=O) groups excluding carboxylic acids is 3. The highest BCUT2D eigenvalue weighted by Crippen LogP contribution is 2.45. The van der Waals surface area contributed by atoms with Crippen molar-refractivity contribution in [2.45, 2.75) is 26.8 Å². The smallest absolute Gasteiger partial charge is 0.301 e. The summed E-state index contributed by atoms with van der Waals surface area (Å²) in [7, 11) is 0. The van der Waals surface area contributed by atoms with Crippen LogP contribution in [0.1, 0.15) is 46.4 Å². The Morgan fingerprint density at radius 1 is 1.16 bits per heavy atom. The molecular formula is C27H24N2O7S. The molecule has 10 heteroatoms. The topological polar surface area (TPSA) is 115 Å². The van der Waals surface area contributed by atoms with Gasteiger partial charge in [0, 0.05) is 12.5 Å². The molecule has 1 aromatic heterocycles. The van der Waals surface area contributed by atoms with Crippen LogP contribution in [0.15, 0.2) is 48.0 Å². The third kappa shape index (κ3) is 4.33. The Hall–Kier alpha value is -4.18. The minimum Gasteiger partial charge on any atom is -0.507 e. The van der Waals surface area contributed by atoms with E-state index in [1.807, 2.05) is 6.92 Å². The molecule has 3 aromatic rings. The summed E-state index contributed by atoms with van der Waals surface area (Å²) < 4.78 is 16.8. The first kappa shape index (κ1) is 24.5. The summed E-state index contributed by atoms with van der Waals surface area (Å²) in [6.07, 6.45) is 0. The molecule has 190 valence electrons. The van der Waals surface area contributed by atoms with Gasteiger partial charge in [0.05, 0.1) is 28.8 Å². The van der Waals surface area contributed by atoms with Gasteiger partial charge in [-0.15, -0.1) is 0 Å². The van der Waals surface area contributed by atoms with E-state index in [-0.39, 0.29) is 22.2 Å². The zero-order valence-electron chi connectivity index (χ0n) is 20.4. The minimum atomic E-state index is -1.00. The van der Waals surface area contributed by atoms with Gasteiger partial charge in [-0.25, -0.2) is 4.98 Å². The SMILES string of the molecule is CCOc1cccc([C@H]2/C(=C(\O)c3ccc4c(c3)OCCO4)C(=O)C(=O)N2c2nc(C)c(C(C)=O)s2)c1. The van der Waals surface area contributed by atoms with E-state index in [1.165, 1.54) is 11.8 Å². The largest absolute Gasteiger partial charge is 0.507 e. The van der Waals surface area contributed by atoms with Gasteiger partial charge >= 0.3 is 5.91 Å². The molecule has 2 aliphatic rings. The van der Waals surface area contributed by atoms with Gasteiger partial charge in [-0.2, -0.15) is 0 Å². The monoisotopic (exact) mass is 520 g/mol. The van der Waals surface area contributed by atoms with Crippen molar-refractivity contribution in [2.24, 2.45) is 0 Å². The van der Waals surface area contributed by atoms with Crippen LogP contribution in [0, 0.1) is 6.92 Å². The average molecular weight is 521 g/mol. The van der Waals surface area contributed by atoms with E-state index < -0.39 is 17.7 Å². The lowest BCUT2D eigenvalue weighted by atomic mass is 9.95. The van der Waals surface area contributed by atoms with Crippen molar-refractivity contribution in [1.29, 1.82) is 0 Å². The van der Waals surface area contributed by atoms with Crippen LogP contribution in [0.2, 0.25) is 0 Å². The Labute approximate surface area is 216 Å². The number of amides is 1. The predicted octanol–water partition coefficient (Wildman–Crippen LogP) is 4.45. The van der Waals surface area contributed by atoms with Crippen molar-refractivity contribution >= 4 is 39.7 Å². The van der Waals surface area contributed by atoms with Gasteiger partial charge in [-0.3, -0.25) is 19.3 Å². The van der Waals surface area contributed by atoms with Gasteiger partial charge in [0.2, 0.25) is 0 Å². The first-order valence-corrected chi connectivity index (χ1v) is 12.5. The number of ether oxygens (including phenoxy) is 3. The van der Waals surface area contributed by atoms with Crippen molar-refractivity contribution in [3.63, 3.8) is 0 Å². The molecule has 0 radical (unpaired) electrons. The molecule has 0 unspecified atom stereocenters. The fourth-order valence-corrected chi connectivity index (χ4v) is 5.43. The highest BCUT2D eigenvalue weighted by atomic mass is 32.1. The van der Waals surface area contributed by atoms with E-state index in [1.54, 1.807) is 49.4 Å². The number of ketones is 2. The number of hydrogen-bond acceptors (Lipinski definition) is 9. The van der Waals surface area contributed by atoms with E-state index in [4.69, 9.17) is 14.2 Å². The van der Waals surface area contributed by atoms with Crippen molar-refractivity contribution in [3.8, 4) is 17.2 Å². The number of rotatable bonds is 6. The lowest BCUT2D eigenvalue weighted by Gasteiger charge is -2.23. The molecule has 2 aromatic carbocycles. The van der Waals surface area contributed by atoms with Gasteiger partial charge in [0.1, 0.15) is 24.7 Å².